The van der Waals surface area contributed by atoms with E-state index in [1.807, 2.05) is 0 Å². The number of carbonyl (C=O) groups excluding carboxylic acids is 3. The number of aliphatic hydroxyl groups excluding tert-OH is 2. The van der Waals surface area contributed by atoms with E-state index in [4.69, 9.17) is 5.11 Å². The lowest BCUT2D eigenvalue weighted by Crippen LogP contribution is -2.38. The van der Waals surface area contributed by atoms with Crippen LogP contribution in [-0.4, -0.2) is 51.1 Å². The second kappa shape index (κ2) is 14.0. The number of carbonyl (C=O) groups is 4. The Kier molecular flexibility index (Phi) is 12.1. The van der Waals surface area contributed by atoms with Gasteiger partial charge in [-0.1, -0.05) is 32.1 Å². The summed E-state index contributed by atoms with van der Waals surface area (Å²) < 4.78 is 0. The zero-order valence-electron chi connectivity index (χ0n) is 19.3. The molecule has 0 aromatic rings. The van der Waals surface area contributed by atoms with Crippen molar-refractivity contribution in [2.24, 2.45) is 17.8 Å². The van der Waals surface area contributed by atoms with Gasteiger partial charge in [-0.3, -0.25) is 24.5 Å². The third-order valence-corrected chi connectivity index (χ3v) is 5.92. The fraction of sp³-hybridized carbons (Fsp3) is 0.667. The number of rotatable bonds is 14. The number of carboxylic acid groups (broad SMARTS) is 1. The summed E-state index contributed by atoms with van der Waals surface area (Å²) in [6.07, 6.45) is 6.39. The van der Waals surface area contributed by atoms with Crippen LogP contribution in [0.3, 0.4) is 0 Å². The van der Waals surface area contributed by atoms with E-state index in [1.165, 1.54) is 0 Å². The molecule has 1 fully saturated rings. The van der Waals surface area contributed by atoms with Gasteiger partial charge in [-0.25, -0.2) is 0 Å². The molecule has 0 bridgehead atoms. The summed E-state index contributed by atoms with van der Waals surface area (Å²) in [4.78, 5) is 45.8. The first-order valence-electron chi connectivity index (χ1n) is 11.3. The minimum atomic E-state index is -0.903. The summed E-state index contributed by atoms with van der Waals surface area (Å²) in [7, 11) is 0. The highest BCUT2D eigenvalue weighted by Crippen LogP contribution is 2.23. The second-order valence-corrected chi connectivity index (χ2v) is 8.81. The van der Waals surface area contributed by atoms with Crippen molar-refractivity contribution in [3.8, 4) is 0 Å². The molecule has 0 aliphatic carbocycles. The molecule has 2 amide bonds. The van der Waals surface area contributed by atoms with Crippen LogP contribution in [0, 0.1) is 17.8 Å². The van der Waals surface area contributed by atoms with Gasteiger partial charge in [0.15, 0.2) is 0 Å². The highest BCUT2D eigenvalue weighted by atomic mass is 16.4. The molecule has 4 atom stereocenters. The Labute approximate surface area is 189 Å². The van der Waals surface area contributed by atoms with Crippen molar-refractivity contribution >= 4 is 23.6 Å². The van der Waals surface area contributed by atoms with E-state index >= 15 is 0 Å². The molecule has 8 nitrogen and oxygen atoms in total. The topological polar surface area (TPSA) is 141 Å². The fourth-order valence-electron chi connectivity index (χ4n) is 3.84. The van der Waals surface area contributed by atoms with E-state index in [0.29, 0.717) is 50.5 Å². The third-order valence-electron chi connectivity index (χ3n) is 5.92. The van der Waals surface area contributed by atoms with Crippen molar-refractivity contribution in [3.05, 3.63) is 23.8 Å². The first-order chi connectivity index (χ1) is 15.0. The number of nitrogens with one attached hydrogen (secondary N) is 1. The van der Waals surface area contributed by atoms with Crippen molar-refractivity contribution in [2.45, 2.75) is 84.3 Å². The Hall–Kier alpha value is -2.32. The molecule has 1 aliphatic heterocycles. The van der Waals surface area contributed by atoms with Gasteiger partial charge in [0.1, 0.15) is 5.78 Å². The van der Waals surface area contributed by atoms with Crippen molar-refractivity contribution < 1.29 is 34.5 Å². The van der Waals surface area contributed by atoms with Crippen LogP contribution in [0.2, 0.25) is 0 Å². The van der Waals surface area contributed by atoms with Crippen LogP contribution in [0.25, 0.3) is 0 Å². The molecule has 0 aromatic carbocycles. The number of aliphatic carboxylic acids is 1. The first kappa shape index (κ1) is 27.7. The van der Waals surface area contributed by atoms with Gasteiger partial charge in [0.2, 0.25) is 11.8 Å². The number of hydrogen-bond donors (Lipinski definition) is 4. The molecule has 1 aliphatic rings. The maximum absolute atomic E-state index is 12.5. The second-order valence-electron chi connectivity index (χ2n) is 8.81. The van der Waals surface area contributed by atoms with E-state index in [9.17, 15) is 29.4 Å². The fourth-order valence-corrected chi connectivity index (χ4v) is 3.84. The highest BCUT2D eigenvalue weighted by Gasteiger charge is 2.26. The van der Waals surface area contributed by atoms with E-state index < -0.39 is 24.1 Å². The van der Waals surface area contributed by atoms with Gasteiger partial charge in [0.25, 0.3) is 0 Å². The molecular formula is C24H37NO7. The third kappa shape index (κ3) is 10.3. The maximum Gasteiger partial charge on any atom is 0.303 e. The Morgan fingerprint density at radius 3 is 2.31 bits per heavy atom. The molecule has 0 unspecified atom stereocenters. The monoisotopic (exact) mass is 451 g/mol. The average Bonchev–Trinajstić information content (AvgIpc) is 2.71. The lowest BCUT2D eigenvalue weighted by molar-refractivity contribution is -0.137. The van der Waals surface area contributed by atoms with E-state index in [2.05, 4.69) is 5.32 Å². The van der Waals surface area contributed by atoms with Crippen LogP contribution in [0.1, 0.15) is 72.1 Å². The standard InChI is InChI=1S/C24H37NO7/c1-15(19(26)10-7-8-18-13-21(28)25-22(29)14-18)12-16(2)24(32)17(3)20(27)9-5-4-6-11-23(30)31/h4-5,12,15,17-18,20,24,27,32H,6-11,13-14H2,1-3H3,(H,30,31)(H,25,28,29)/b5-4+,16-12+/t15-,17-,20+,24-/m0/s1. The number of carboxylic acids is 1. The lowest BCUT2D eigenvalue weighted by Gasteiger charge is -2.24. The summed E-state index contributed by atoms with van der Waals surface area (Å²) in [6, 6.07) is 0. The molecule has 32 heavy (non-hydrogen) atoms. The molecule has 1 heterocycles. The number of piperidine rings is 1. The molecule has 8 heteroatoms. The number of amides is 2. The molecule has 0 aromatic heterocycles. The van der Waals surface area contributed by atoms with Gasteiger partial charge in [0, 0.05) is 37.5 Å². The Morgan fingerprint density at radius 1 is 1.09 bits per heavy atom. The minimum Gasteiger partial charge on any atom is -0.481 e. The van der Waals surface area contributed by atoms with Crippen molar-refractivity contribution in [1.29, 1.82) is 0 Å². The van der Waals surface area contributed by atoms with Crippen LogP contribution in [0.4, 0.5) is 0 Å². The number of ketones is 1. The Morgan fingerprint density at radius 2 is 1.72 bits per heavy atom. The lowest BCUT2D eigenvalue weighted by atomic mass is 9.88. The maximum atomic E-state index is 12.5. The molecule has 0 spiro atoms. The van der Waals surface area contributed by atoms with Crippen LogP contribution in [-0.2, 0) is 19.2 Å². The average molecular weight is 452 g/mol. The molecule has 1 saturated heterocycles. The molecule has 0 radical (unpaired) electrons. The molecule has 4 N–H and O–H groups in total. The van der Waals surface area contributed by atoms with Crippen LogP contribution >= 0.6 is 0 Å². The van der Waals surface area contributed by atoms with Crippen molar-refractivity contribution in [1.82, 2.24) is 5.32 Å². The molecule has 1 rings (SSSR count). The number of hydrogen-bond acceptors (Lipinski definition) is 6. The summed E-state index contributed by atoms with van der Waals surface area (Å²) in [5.41, 5.74) is 0.613. The summed E-state index contributed by atoms with van der Waals surface area (Å²) in [6.45, 7) is 5.22. The van der Waals surface area contributed by atoms with Crippen molar-refractivity contribution in [2.75, 3.05) is 0 Å². The summed E-state index contributed by atoms with van der Waals surface area (Å²) >= 11 is 0. The highest BCUT2D eigenvalue weighted by molar-refractivity contribution is 5.97. The molecule has 180 valence electrons. The van der Waals surface area contributed by atoms with Gasteiger partial charge in [-0.05, 0) is 44.1 Å². The van der Waals surface area contributed by atoms with E-state index in [0.717, 1.165) is 0 Å². The van der Waals surface area contributed by atoms with Crippen LogP contribution in [0.15, 0.2) is 23.8 Å². The largest absolute Gasteiger partial charge is 0.481 e. The predicted octanol–water partition coefficient (Wildman–Crippen LogP) is 2.53. The zero-order chi connectivity index (χ0) is 24.3. The van der Waals surface area contributed by atoms with Crippen LogP contribution in [0.5, 0.6) is 0 Å². The zero-order valence-corrected chi connectivity index (χ0v) is 19.3. The summed E-state index contributed by atoms with van der Waals surface area (Å²) in [5, 5.41) is 31.7. The minimum absolute atomic E-state index is 0.0148. The number of imide groups is 1. The number of Topliss-reactive ketones (excluding diaryl/α,β-unsaturated/α-hetero) is 1. The van der Waals surface area contributed by atoms with E-state index in [1.54, 1.807) is 39.0 Å². The van der Waals surface area contributed by atoms with Gasteiger partial charge >= 0.3 is 5.97 Å². The predicted molar refractivity (Wildman–Crippen MR) is 119 cm³/mol. The first-order valence-corrected chi connectivity index (χ1v) is 11.3. The summed E-state index contributed by atoms with van der Waals surface area (Å²) in [5.74, 6) is -2.22. The molecular weight excluding hydrogens is 414 g/mol. The number of allylic oxidation sites excluding steroid dienone is 2. The van der Waals surface area contributed by atoms with E-state index in [-0.39, 0.29) is 35.9 Å². The van der Waals surface area contributed by atoms with Gasteiger partial charge in [-0.15, -0.1) is 0 Å². The quantitative estimate of drug-likeness (QED) is 0.235. The normalized spacial score (nSPS) is 19.5. The van der Waals surface area contributed by atoms with Gasteiger partial charge < -0.3 is 15.3 Å². The van der Waals surface area contributed by atoms with Crippen LogP contribution < -0.4 is 5.32 Å². The Balaban J connectivity index is 2.45. The Bertz CT molecular complexity index is 712. The molecule has 0 saturated carbocycles. The SMILES string of the molecule is C/C(=C\[C@H](C)C(=O)CCCC1CC(=O)NC(=O)C1)[C@H](O)[C@@H](C)[C@H](O)C/C=C/CCC(=O)O. The number of aliphatic hydroxyl groups is 2. The van der Waals surface area contributed by atoms with Gasteiger partial charge in [-0.2, -0.15) is 0 Å². The smallest absolute Gasteiger partial charge is 0.303 e. The van der Waals surface area contributed by atoms with Gasteiger partial charge in [0.05, 0.1) is 12.2 Å². The van der Waals surface area contributed by atoms with Crippen molar-refractivity contribution in [3.63, 3.8) is 0 Å².